The summed E-state index contributed by atoms with van der Waals surface area (Å²) in [7, 11) is 0. The summed E-state index contributed by atoms with van der Waals surface area (Å²) in [6, 6.07) is 0. The summed E-state index contributed by atoms with van der Waals surface area (Å²) >= 11 is 0. The Balaban J connectivity index is 2.08. The Hall–Kier alpha value is -1.05. The Morgan fingerprint density at radius 3 is 3.29 bits per heavy atom. The molecule has 0 aliphatic heterocycles. The first-order valence-corrected chi connectivity index (χ1v) is 5.43. The third kappa shape index (κ3) is 1.06. The summed E-state index contributed by atoms with van der Waals surface area (Å²) in [5.74, 6) is 0.999. The lowest BCUT2D eigenvalue weighted by atomic mass is 9.66. The Kier molecular flexibility index (Phi) is 1.61. The maximum Gasteiger partial charge on any atom is 0.162 e. The number of allylic oxidation sites excluding steroid dienone is 1. The largest absolute Gasteiger partial charge is 0.357 e. The number of aromatic nitrogens is 1. The molecule has 3 rings (SSSR count). The second-order valence-electron chi connectivity index (χ2n) is 4.83. The molecule has 0 bridgehead atoms. The van der Waals surface area contributed by atoms with E-state index in [0.717, 1.165) is 12.2 Å². The van der Waals surface area contributed by atoms with E-state index in [4.69, 9.17) is 4.52 Å². The molecule has 2 heteroatoms. The quantitative estimate of drug-likeness (QED) is 0.626. The highest BCUT2D eigenvalue weighted by atomic mass is 16.5. The topological polar surface area (TPSA) is 26.0 Å². The number of nitrogens with zero attached hydrogens (tertiary/aromatic N) is 1. The van der Waals surface area contributed by atoms with E-state index in [1.54, 1.807) is 5.57 Å². The van der Waals surface area contributed by atoms with Gasteiger partial charge < -0.3 is 4.52 Å². The minimum Gasteiger partial charge on any atom is -0.357 e. The van der Waals surface area contributed by atoms with Gasteiger partial charge in [-0.2, -0.15) is 0 Å². The number of hydrogen-bond acceptors (Lipinski definition) is 2. The van der Waals surface area contributed by atoms with Gasteiger partial charge in [-0.25, -0.2) is 0 Å². The van der Waals surface area contributed by atoms with Crippen molar-refractivity contribution in [2.24, 2.45) is 5.41 Å². The fourth-order valence-corrected chi connectivity index (χ4v) is 2.84. The fraction of sp³-hybridized carbons (Fsp3) is 0.583. The zero-order valence-electron chi connectivity index (χ0n) is 8.55. The molecule has 1 heterocycles. The lowest BCUT2D eigenvalue weighted by Gasteiger charge is -2.38. The van der Waals surface area contributed by atoms with Crippen molar-refractivity contribution in [3.8, 4) is 0 Å². The van der Waals surface area contributed by atoms with Gasteiger partial charge in [0.25, 0.3) is 0 Å². The van der Waals surface area contributed by atoms with Crippen LogP contribution in [-0.2, 0) is 6.42 Å². The van der Waals surface area contributed by atoms with Gasteiger partial charge in [-0.3, -0.25) is 0 Å². The van der Waals surface area contributed by atoms with Crippen LogP contribution < -0.4 is 0 Å². The molecule has 0 saturated heterocycles. The van der Waals surface area contributed by atoms with Crippen LogP contribution >= 0.6 is 0 Å². The predicted octanol–water partition coefficient (Wildman–Crippen LogP) is 3.19. The molecule has 1 aromatic heterocycles. The van der Waals surface area contributed by atoms with Crippen molar-refractivity contribution in [2.45, 2.75) is 39.0 Å². The van der Waals surface area contributed by atoms with E-state index < -0.39 is 0 Å². The molecule has 0 spiro atoms. The van der Waals surface area contributed by atoms with Gasteiger partial charge in [-0.05, 0) is 37.2 Å². The van der Waals surface area contributed by atoms with E-state index in [1.165, 1.54) is 31.2 Å². The van der Waals surface area contributed by atoms with E-state index in [1.807, 2.05) is 6.20 Å². The average molecular weight is 189 g/mol. The molecular formula is C12H15NO. The van der Waals surface area contributed by atoms with Gasteiger partial charge in [0, 0.05) is 5.56 Å². The summed E-state index contributed by atoms with van der Waals surface area (Å²) < 4.78 is 5.22. The predicted molar refractivity (Wildman–Crippen MR) is 54.8 cm³/mol. The second-order valence-corrected chi connectivity index (χ2v) is 4.83. The van der Waals surface area contributed by atoms with Crippen molar-refractivity contribution < 1.29 is 4.52 Å². The lowest BCUT2D eigenvalue weighted by molar-refractivity contribution is 0.296. The summed E-state index contributed by atoms with van der Waals surface area (Å²) in [5.41, 5.74) is 3.27. The van der Waals surface area contributed by atoms with Crippen molar-refractivity contribution in [2.75, 3.05) is 0 Å². The van der Waals surface area contributed by atoms with Gasteiger partial charge in [0.05, 0.1) is 6.20 Å². The minimum absolute atomic E-state index is 0.400. The third-order valence-electron chi connectivity index (χ3n) is 3.76. The van der Waals surface area contributed by atoms with Crippen LogP contribution in [0.25, 0.3) is 6.08 Å². The SMILES string of the molecule is C[C@@]12CCCCC1=Cc1oncc1C2. The van der Waals surface area contributed by atoms with E-state index >= 15 is 0 Å². The summed E-state index contributed by atoms with van der Waals surface area (Å²) in [6.45, 7) is 2.38. The standard InChI is InChI=1S/C12H15NO/c1-12-5-3-2-4-10(12)6-11-9(7-12)8-13-14-11/h6,8H,2-5,7H2,1H3/t12-/m0/s1. The fourth-order valence-electron chi connectivity index (χ4n) is 2.84. The maximum absolute atomic E-state index is 5.22. The van der Waals surface area contributed by atoms with Crippen molar-refractivity contribution in [3.05, 3.63) is 23.1 Å². The Morgan fingerprint density at radius 1 is 1.43 bits per heavy atom. The van der Waals surface area contributed by atoms with Gasteiger partial charge in [0.1, 0.15) is 0 Å². The van der Waals surface area contributed by atoms with Crippen LogP contribution in [0.3, 0.4) is 0 Å². The lowest BCUT2D eigenvalue weighted by Crippen LogP contribution is -2.28. The molecule has 0 aromatic carbocycles. The van der Waals surface area contributed by atoms with Crippen LogP contribution in [0.15, 0.2) is 16.3 Å². The van der Waals surface area contributed by atoms with Crippen LogP contribution in [-0.4, -0.2) is 5.16 Å². The third-order valence-corrected chi connectivity index (χ3v) is 3.76. The zero-order valence-corrected chi connectivity index (χ0v) is 8.55. The number of fused-ring (bicyclic) bond motifs is 2. The van der Waals surface area contributed by atoms with Gasteiger partial charge in [0.2, 0.25) is 0 Å². The molecule has 0 radical (unpaired) electrons. The normalized spacial score (nSPS) is 30.5. The maximum atomic E-state index is 5.22. The molecule has 0 unspecified atom stereocenters. The minimum atomic E-state index is 0.400. The van der Waals surface area contributed by atoms with E-state index in [9.17, 15) is 0 Å². The van der Waals surface area contributed by atoms with Crippen molar-refractivity contribution in [3.63, 3.8) is 0 Å². The molecule has 2 nitrogen and oxygen atoms in total. The smallest absolute Gasteiger partial charge is 0.162 e. The van der Waals surface area contributed by atoms with Crippen LogP contribution in [0.5, 0.6) is 0 Å². The first kappa shape index (κ1) is 8.27. The summed E-state index contributed by atoms with van der Waals surface area (Å²) in [6.07, 6.45) is 10.5. The van der Waals surface area contributed by atoms with Crippen molar-refractivity contribution in [1.82, 2.24) is 5.16 Å². The molecular weight excluding hydrogens is 174 g/mol. The second kappa shape index (κ2) is 2.72. The molecule has 1 aromatic rings. The first-order valence-electron chi connectivity index (χ1n) is 5.43. The van der Waals surface area contributed by atoms with Crippen molar-refractivity contribution >= 4 is 6.08 Å². The van der Waals surface area contributed by atoms with Gasteiger partial charge in [0.15, 0.2) is 5.76 Å². The van der Waals surface area contributed by atoms with E-state index in [-0.39, 0.29) is 0 Å². The molecule has 74 valence electrons. The Morgan fingerprint density at radius 2 is 2.36 bits per heavy atom. The monoisotopic (exact) mass is 189 g/mol. The Bertz CT molecular complexity index is 391. The van der Waals surface area contributed by atoms with Crippen LogP contribution in [0.4, 0.5) is 0 Å². The highest BCUT2D eigenvalue weighted by Gasteiger charge is 2.36. The van der Waals surface area contributed by atoms with Crippen LogP contribution in [0.2, 0.25) is 0 Å². The van der Waals surface area contributed by atoms with Gasteiger partial charge >= 0.3 is 0 Å². The molecule has 14 heavy (non-hydrogen) atoms. The molecule has 2 aliphatic carbocycles. The first-order chi connectivity index (χ1) is 6.78. The zero-order chi connectivity index (χ0) is 9.60. The molecule has 1 fully saturated rings. The molecule has 0 amide bonds. The Labute approximate surface area is 84.0 Å². The highest BCUT2D eigenvalue weighted by Crippen LogP contribution is 2.47. The van der Waals surface area contributed by atoms with Crippen LogP contribution in [0, 0.1) is 5.41 Å². The number of hydrogen-bond donors (Lipinski definition) is 0. The number of rotatable bonds is 0. The van der Waals surface area contributed by atoms with Crippen LogP contribution in [0.1, 0.15) is 43.9 Å². The highest BCUT2D eigenvalue weighted by molar-refractivity contribution is 5.56. The van der Waals surface area contributed by atoms with E-state index in [2.05, 4.69) is 18.2 Å². The van der Waals surface area contributed by atoms with Gasteiger partial charge in [-0.15, -0.1) is 0 Å². The molecule has 1 atom stereocenters. The molecule has 1 saturated carbocycles. The van der Waals surface area contributed by atoms with Gasteiger partial charge in [-0.1, -0.05) is 24.1 Å². The average Bonchev–Trinajstić information content (AvgIpc) is 2.59. The summed E-state index contributed by atoms with van der Waals surface area (Å²) in [4.78, 5) is 0. The molecule has 0 N–H and O–H groups in total. The van der Waals surface area contributed by atoms with Crippen molar-refractivity contribution in [1.29, 1.82) is 0 Å². The summed E-state index contributed by atoms with van der Waals surface area (Å²) in [5, 5.41) is 3.87. The molecule has 2 aliphatic rings. The van der Waals surface area contributed by atoms with E-state index in [0.29, 0.717) is 5.41 Å².